The van der Waals surface area contributed by atoms with Crippen molar-refractivity contribution in [3.63, 3.8) is 0 Å². The lowest BCUT2D eigenvalue weighted by Crippen LogP contribution is -1.69. The zero-order valence-corrected chi connectivity index (χ0v) is 7.01. The van der Waals surface area contributed by atoms with Gasteiger partial charge in [-0.3, -0.25) is 0 Å². The SMILES string of the molecule is CN.Cl.Oc1ccccc1O. The van der Waals surface area contributed by atoms with Gasteiger partial charge < -0.3 is 15.9 Å². The van der Waals surface area contributed by atoms with Gasteiger partial charge in [0.25, 0.3) is 0 Å². The van der Waals surface area contributed by atoms with Crippen LogP contribution in [0.3, 0.4) is 0 Å². The van der Waals surface area contributed by atoms with Gasteiger partial charge in [0.15, 0.2) is 11.5 Å². The van der Waals surface area contributed by atoms with Crippen LogP contribution in [0.2, 0.25) is 0 Å². The van der Waals surface area contributed by atoms with Crippen molar-refractivity contribution in [3.05, 3.63) is 24.3 Å². The Bertz CT molecular complexity index is 173. The Kier molecular flexibility index (Phi) is 8.30. The van der Waals surface area contributed by atoms with E-state index in [1.54, 1.807) is 12.1 Å². The van der Waals surface area contributed by atoms with Gasteiger partial charge in [0.1, 0.15) is 0 Å². The second-order valence-corrected chi connectivity index (χ2v) is 1.49. The van der Waals surface area contributed by atoms with Crippen LogP contribution >= 0.6 is 12.4 Å². The Balaban J connectivity index is 0. The van der Waals surface area contributed by atoms with E-state index >= 15 is 0 Å². The summed E-state index contributed by atoms with van der Waals surface area (Å²) in [7, 11) is 1.50. The average Bonchev–Trinajstić information content (AvgIpc) is 2.00. The molecule has 0 fully saturated rings. The van der Waals surface area contributed by atoms with Crippen molar-refractivity contribution in [2.24, 2.45) is 5.73 Å². The molecule has 1 aromatic carbocycles. The van der Waals surface area contributed by atoms with Crippen LogP contribution in [0.25, 0.3) is 0 Å². The van der Waals surface area contributed by atoms with E-state index < -0.39 is 0 Å². The zero-order valence-electron chi connectivity index (χ0n) is 6.19. The van der Waals surface area contributed by atoms with Crippen molar-refractivity contribution in [2.45, 2.75) is 0 Å². The van der Waals surface area contributed by atoms with Gasteiger partial charge in [-0.2, -0.15) is 0 Å². The molecule has 3 nitrogen and oxygen atoms in total. The summed E-state index contributed by atoms with van der Waals surface area (Å²) in [6, 6.07) is 6.15. The predicted octanol–water partition coefficient (Wildman–Crippen LogP) is 1.09. The molecule has 0 heterocycles. The van der Waals surface area contributed by atoms with Crippen LogP contribution in [0.15, 0.2) is 24.3 Å². The van der Waals surface area contributed by atoms with Gasteiger partial charge in [0.05, 0.1) is 0 Å². The molecule has 0 saturated heterocycles. The topological polar surface area (TPSA) is 66.5 Å². The molecule has 4 N–H and O–H groups in total. The van der Waals surface area contributed by atoms with Gasteiger partial charge >= 0.3 is 0 Å². The zero-order chi connectivity index (χ0) is 7.98. The van der Waals surface area contributed by atoms with Gasteiger partial charge in [-0.1, -0.05) is 12.1 Å². The maximum atomic E-state index is 8.67. The van der Waals surface area contributed by atoms with E-state index in [1.165, 1.54) is 19.2 Å². The van der Waals surface area contributed by atoms with Gasteiger partial charge in [-0.05, 0) is 19.2 Å². The van der Waals surface area contributed by atoms with Crippen LogP contribution in [0.4, 0.5) is 0 Å². The van der Waals surface area contributed by atoms with Gasteiger partial charge in [-0.15, -0.1) is 12.4 Å². The highest BCUT2D eigenvalue weighted by atomic mass is 35.5. The number of nitrogens with two attached hydrogens (primary N) is 1. The molecule has 4 heteroatoms. The van der Waals surface area contributed by atoms with Crippen molar-refractivity contribution < 1.29 is 10.2 Å². The van der Waals surface area contributed by atoms with E-state index in [1.807, 2.05) is 0 Å². The summed E-state index contributed by atoms with van der Waals surface area (Å²) in [4.78, 5) is 0. The first-order chi connectivity index (χ1) is 4.80. The molecule has 0 aliphatic rings. The van der Waals surface area contributed by atoms with Crippen molar-refractivity contribution in [1.82, 2.24) is 0 Å². The van der Waals surface area contributed by atoms with E-state index in [4.69, 9.17) is 10.2 Å². The third-order valence-corrected chi connectivity index (χ3v) is 0.882. The van der Waals surface area contributed by atoms with Crippen LogP contribution in [0.1, 0.15) is 0 Å². The first-order valence-corrected chi connectivity index (χ1v) is 2.85. The summed E-state index contributed by atoms with van der Waals surface area (Å²) >= 11 is 0. The second kappa shape index (κ2) is 7.18. The number of phenolic OH excluding ortho intramolecular Hbond substituents is 2. The van der Waals surface area contributed by atoms with Crippen LogP contribution in [-0.2, 0) is 0 Å². The Morgan fingerprint density at radius 3 is 1.45 bits per heavy atom. The maximum absolute atomic E-state index is 8.67. The molecule has 0 unspecified atom stereocenters. The van der Waals surface area contributed by atoms with Crippen LogP contribution in [-0.4, -0.2) is 17.3 Å². The molecule has 11 heavy (non-hydrogen) atoms. The van der Waals surface area contributed by atoms with E-state index in [-0.39, 0.29) is 23.9 Å². The number of rotatable bonds is 0. The lowest BCUT2D eigenvalue weighted by molar-refractivity contribution is 0.404. The summed E-state index contributed by atoms with van der Waals surface area (Å²) < 4.78 is 0. The normalized spacial score (nSPS) is 7.09. The highest BCUT2D eigenvalue weighted by Gasteiger charge is 1.90. The molecule has 0 amide bonds. The highest BCUT2D eigenvalue weighted by Crippen LogP contribution is 2.21. The molecular formula is C7H12ClNO2. The molecular weight excluding hydrogens is 166 g/mol. The standard InChI is InChI=1S/C6H6O2.CH5N.ClH/c7-5-3-1-2-4-6(5)8;1-2;/h1-4,7-8H;2H2,1H3;1H. The third-order valence-electron chi connectivity index (χ3n) is 0.882. The first-order valence-electron chi connectivity index (χ1n) is 2.85. The van der Waals surface area contributed by atoms with E-state index in [9.17, 15) is 0 Å². The minimum absolute atomic E-state index is 0. The lowest BCUT2D eigenvalue weighted by Gasteiger charge is -1.91. The smallest absolute Gasteiger partial charge is 0.157 e. The number of para-hydroxylation sites is 2. The van der Waals surface area contributed by atoms with Crippen LogP contribution in [0, 0.1) is 0 Å². The van der Waals surface area contributed by atoms with Gasteiger partial charge in [0, 0.05) is 0 Å². The van der Waals surface area contributed by atoms with Crippen molar-refractivity contribution in [3.8, 4) is 11.5 Å². The maximum Gasteiger partial charge on any atom is 0.157 e. The fraction of sp³-hybridized carbons (Fsp3) is 0.143. The van der Waals surface area contributed by atoms with Gasteiger partial charge in [-0.25, -0.2) is 0 Å². The Morgan fingerprint density at radius 1 is 1.00 bits per heavy atom. The van der Waals surface area contributed by atoms with E-state index in [2.05, 4.69) is 5.73 Å². The molecule has 1 aromatic rings. The summed E-state index contributed by atoms with van der Waals surface area (Å²) in [5, 5.41) is 17.3. The Labute approximate surface area is 71.9 Å². The largest absolute Gasteiger partial charge is 0.504 e. The van der Waals surface area contributed by atoms with Crippen LogP contribution in [0.5, 0.6) is 11.5 Å². The van der Waals surface area contributed by atoms with Crippen molar-refractivity contribution >= 4 is 12.4 Å². The molecule has 0 atom stereocenters. The van der Waals surface area contributed by atoms with Gasteiger partial charge in [0.2, 0.25) is 0 Å². The molecule has 0 spiro atoms. The Morgan fingerprint density at radius 2 is 1.27 bits per heavy atom. The summed E-state index contributed by atoms with van der Waals surface area (Å²) in [6.07, 6.45) is 0. The minimum atomic E-state index is -0.0764. The van der Waals surface area contributed by atoms with Crippen molar-refractivity contribution in [2.75, 3.05) is 7.05 Å². The number of phenols is 2. The fourth-order valence-electron chi connectivity index (χ4n) is 0.464. The molecule has 0 saturated carbocycles. The van der Waals surface area contributed by atoms with E-state index in [0.717, 1.165) is 0 Å². The summed E-state index contributed by atoms with van der Waals surface area (Å²) in [6.45, 7) is 0. The predicted molar refractivity (Wildman–Crippen MR) is 47.1 cm³/mol. The molecule has 0 aliphatic heterocycles. The molecule has 1 rings (SSSR count). The fourth-order valence-corrected chi connectivity index (χ4v) is 0.464. The molecule has 64 valence electrons. The number of halogens is 1. The number of benzene rings is 1. The number of aromatic hydroxyl groups is 2. The Hall–Kier alpha value is -0.930. The number of hydrogen-bond donors (Lipinski definition) is 3. The van der Waals surface area contributed by atoms with Crippen LogP contribution < -0.4 is 5.73 Å². The van der Waals surface area contributed by atoms with E-state index in [0.29, 0.717) is 0 Å². The van der Waals surface area contributed by atoms with Crippen molar-refractivity contribution in [1.29, 1.82) is 0 Å². The molecule has 0 radical (unpaired) electrons. The molecule has 0 aliphatic carbocycles. The lowest BCUT2D eigenvalue weighted by atomic mass is 10.3. The molecule has 0 bridgehead atoms. The summed E-state index contributed by atoms with van der Waals surface area (Å²) in [5.74, 6) is -0.153. The average molecular weight is 178 g/mol. The molecule has 0 aromatic heterocycles. The second-order valence-electron chi connectivity index (χ2n) is 1.49. The quantitative estimate of drug-likeness (QED) is 0.520. The number of hydrogen-bond acceptors (Lipinski definition) is 3. The highest BCUT2D eigenvalue weighted by molar-refractivity contribution is 5.85. The minimum Gasteiger partial charge on any atom is -0.504 e. The first kappa shape index (κ1) is 12.7. The third kappa shape index (κ3) is 4.47. The monoisotopic (exact) mass is 177 g/mol. The summed E-state index contributed by atoms with van der Waals surface area (Å²) in [5.41, 5.74) is 4.50.